The van der Waals surface area contributed by atoms with Gasteiger partial charge in [-0.25, -0.2) is 0 Å². The van der Waals surface area contributed by atoms with E-state index in [0.29, 0.717) is 12.1 Å². The molecule has 1 aliphatic heterocycles. The molecule has 1 aliphatic rings. The van der Waals surface area contributed by atoms with Gasteiger partial charge in [-0.15, -0.1) is 0 Å². The molecule has 0 aliphatic carbocycles. The number of hydrogen-bond acceptors (Lipinski definition) is 3. The summed E-state index contributed by atoms with van der Waals surface area (Å²) in [6.45, 7) is 8.76. The van der Waals surface area contributed by atoms with E-state index >= 15 is 0 Å². The van der Waals surface area contributed by atoms with E-state index in [2.05, 4.69) is 59.8 Å². The first-order valence-corrected chi connectivity index (χ1v) is 9.91. The summed E-state index contributed by atoms with van der Waals surface area (Å²) in [5.41, 5.74) is 3.42. The van der Waals surface area contributed by atoms with Crippen LogP contribution in [0.2, 0.25) is 0 Å². The molecular weight excluding hydrogens is 332 g/mol. The predicted molar refractivity (Wildman–Crippen MR) is 111 cm³/mol. The van der Waals surface area contributed by atoms with Crippen LogP contribution in [0.4, 0.5) is 0 Å². The summed E-state index contributed by atoms with van der Waals surface area (Å²) in [4.78, 5) is 5.02. The third kappa shape index (κ3) is 5.43. The Hall–Kier alpha value is -2.12. The summed E-state index contributed by atoms with van der Waals surface area (Å²) in [7, 11) is 0. The number of piperazine rings is 1. The summed E-state index contributed by atoms with van der Waals surface area (Å²) in [5, 5.41) is 9.45. The van der Waals surface area contributed by atoms with Crippen molar-refractivity contribution in [1.29, 1.82) is 0 Å². The Kier molecular flexibility index (Phi) is 7.06. The Morgan fingerprint density at radius 1 is 1.00 bits per heavy atom. The average molecular weight is 363 g/mol. The van der Waals surface area contributed by atoms with Gasteiger partial charge in [-0.3, -0.25) is 9.80 Å². The molecule has 2 aromatic rings. The van der Waals surface area contributed by atoms with Crippen molar-refractivity contribution in [3.05, 3.63) is 71.3 Å². The summed E-state index contributed by atoms with van der Waals surface area (Å²) in [6.07, 6.45) is 0.837. The first-order valence-electron chi connectivity index (χ1n) is 9.91. The maximum atomic E-state index is 9.45. The van der Waals surface area contributed by atoms with E-state index in [-0.39, 0.29) is 6.61 Å². The molecule has 1 N–H and O–H groups in total. The third-order valence-electron chi connectivity index (χ3n) is 5.26. The van der Waals surface area contributed by atoms with Crippen LogP contribution in [-0.4, -0.2) is 53.2 Å². The second kappa shape index (κ2) is 9.71. The third-order valence-corrected chi connectivity index (χ3v) is 5.26. The minimum Gasteiger partial charge on any atom is -0.396 e. The van der Waals surface area contributed by atoms with Gasteiger partial charge in [0.1, 0.15) is 0 Å². The standard InChI is InChI=1S/C24H30N2O/c1-20(2)26-16-15-25(19-24(26)14-17-27)18-23-11-7-6-10-22(23)13-12-21-8-4-3-5-9-21/h3-11,20,24,27H,14-19H2,1-2H3/t24-/m1/s1. The van der Waals surface area contributed by atoms with E-state index in [0.717, 1.165) is 43.7 Å². The van der Waals surface area contributed by atoms with Crippen molar-refractivity contribution in [1.82, 2.24) is 9.80 Å². The molecule has 3 nitrogen and oxygen atoms in total. The minimum absolute atomic E-state index is 0.251. The monoisotopic (exact) mass is 362 g/mol. The molecule has 0 spiro atoms. The van der Waals surface area contributed by atoms with Gasteiger partial charge >= 0.3 is 0 Å². The molecule has 1 saturated heterocycles. The van der Waals surface area contributed by atoms with Crippen LogP contribution in [0.5, 0.6) is 0 Å². The van der Waals surface area contributed by atoms with Gasteiger partial charge in [0.25, 0.3) is 0 Å². The van der Waals surface area contributed by atoms with E-state index in [1.54, 1.807) is 0 Å². The summed E-state index contributed by atoms with van der Waals surface area (Å²) < 4.78 is 0. The van der Waals surface area contributed by atoms with Crippen LogP contribution in [0, 0.1) is 11.8 Å². The van der Waals surface area contributed by atoms with Crippen LogP contribution < -0.4 is 0 Å². The van der Waals surface area contributed by atoms with Gasteiger partial charge in [-0.1, -0.05) is 48.2 Å². The highest BCUT2D eigenvalue weighted by Crippen LogP contribution is 2.19. The Labute approximate surface area is 163 Å². The normalized spacial score (nSPS) is 18.3. The molecule has 0 saturated carbocycles. The predicted octanol–water partition coefficient (Wildman–Crippen LogP) is 3.36. The quantitative estimate of drug-likeness (QED) is 0.826. The molecule has 142 valence electrons. The molecule has 3 heteroatoms. The average Bonchev–Trinajstić information content (AvgIpc) is 2.68. The maximum absolute atomic E-state index is 9.45. The zero-order valence-corrected chi connectivity index (χ0v) is 16.4. The lowest BCUT2D eigenvalue weighted by molar-refractivity contribution is 0.0349. The topological polar surface area (TPSA) is 26.7 Å². The van der Waals surface area contributed by atoms with E-state index in [4.69, 9.17) is 0 Å². The van der Waals surface area contributed by atoms with E-state index in [1.165, 1.54) is 5.56 Å². The van der Waals surface area contributed by atoms with Gasteiger partial charge in [0.2, 0.25) is 0 Å². The summed E-state index contributed by atoms with van der Waals surface area (Å²) >= 11 is 0. The van der Waals surface area contributed by atoms with Crippen molar-refractivity contribution in [2.45, 2.75) is 38.9 Å². The lowest BCUT2D eigenvalue weighted by Crippen LogP contribution is -2.55. The van der Waals surface area contributed by atoms with E-state index in [9.17, 15) is 5.11 Å². The Morgan fingerprint density at radius 2 is 1.74 bits per heavy atom. The van der Waals surface area contributed by atoms with Gasteiger partial charge in [-0.2, -0.15) is 0 Å². The molecule has 3 rings (SSSR count). The molecule has 27 heavy (non-hydrogen) atoms. The highest BCUT2D eigenvalue weighted by Gasteiger charge is 2.28. The molecule has 0 aromatic heterocycles. The summed E-state index contributed by atoms with van der Waals surface area (Å²) in [6, 6.07) is 19.5. The van der Waals surface area contributed by atoms with Crippen molar-refractivity contribution in [3.8, 4) is 11.8 Å². The Bertz CT molecular complexity index is 776. The number of rotatable bonds is 5. The van der Waals surface area contributed by atoms with Crippen molar-refractivity contribution < 1.29 is 5.11 Å². The molecule has 1 heterocycles. The fourth-order valence-corrected chi connectivity index (χ4v) is 3.85. The van der Waals surface area contributed by atoms with E-state index in [1.807, 2.05) is 30.3 Å². The van der Waals surface area contributed by atoms with Gasteiger partial charge in [0.15, 0.2) is 0 Å². The first-order chi connectivity index (χ1) is 13.2. The van der Waals surface area contributed by atoms with Crippen LogP contribution in [0.15, 0.2) is 54.6 Å². The maximum Gasteiger partial charge on any atom is 0.0446 e. The van der Waals surface area contributed by atoms with Crippen LogP contribution in [0.1, 0.15) is 37.0 Å². The fourth-order valence-electron chi connectivity index (χ4n) is 3.85. The minimum atomic E-state index is 0.251. The van der Waals surface area contributed by atoms with Crippen molar-refractivity contribution in [2.75, 3.05) is 26.2 Å². The number of benzene rings is 2. The van der Waals surface area contributed by atoms with Crippen LogP contribution in [0.25, 0.3) is 0 Å². The molecule has 1 atom stereocenters. The zero-order chi connectivity index (χ0) is 19.1. The lowest BCUT2D eigenvalue weighted by Gasteiger charge is -2.43. The molecule has 0 radical (unpaired) electrons. The second-order valence-corrected chi connectivity index (χ2v) is 7.51. The van der Waals surface area contributed by atoms with Gasteiger partial charge in [-0.05, 0) is 44.0 Å². The molecular formula is C24H30N2O. The Balaban J connectivity index is 1.72. The van der Waals surface area contributed by atoms with Gasteiger partial charge in [0.05, 0.1) is 0 Å². The number of aliphatic hydroxyl groups is 1. The Morgan fingerprint density at radius 3 is 2.48 bits per heavy atom. The fraction of sp³-hybridized carbons (Fsp3) is 0.417. The second-order valence-electron chi connectivity index (χ2n) is 7.51. The summed E-state index contributed by atoms with van der Waals surface area (Å²) in [5.74, 6) is 6.64. The first kappa shape index (κ1) is 19.6. The van der Waals surface area contributed by atoms with Crippen LogP contribution in [-0.2, 0) is 6.54 Å². The molecule has 1 fully saturated rings. The largest absolute Gasteiger partial charge is 0.396 e. The van der Waals surface area contributed by atoms with Crippen molar-refractivity contribution >= 4 is 0 Å². The molecule has 2 aromatic carbocycles. The number of aliphatic hydroxyl groups excluding tert-OH is 1. The highest BCUT2D eigenvalue weighted by atomic mass is 16.3. The van der Waals surface area contributed by atoms with Crippen molar-refractivity contribution in [2.24, 2.45) is 0 Å². The molecule has 0 unspecified atom stereocenters. The van der Waals surface area contributed by atoms with E-state index < -0.39 is 0 Å². The van der Waals surface area contributed by atoms with Gasteiger partial charge < -0.3 is 5.11 Å². The molecule has 0 amide bonds. The van der Waals surface area contributed by atoms with Gasteiger partial charge in [0, 0.05) is 56.0 Å². The van der Waals surface area contributed by atoms with Crippen molar-refractivity contribution in [3.63, 3.8) is 0 Å². The SMILES string of the molecule is CC(C)N1CCN(Cc2ccccc2C#Cc2ccccc2)C[C@H]1CCO. The highest BCUT2D eigenvalue weighted by molar-refractivity contribution is 5.46. The van der Waals surface area contributed by atoms with Crippen LogP contribution >= 0.6 is 0 Å². The smallest absolute Gasteiger partial charge is 0.0446 e. The molecule has 0 bridgehead atoms. The number of nitrogens with zero attached hydrogens (tertiary/aromatic N) is 2. The lowest BCUT2D eigenvalue weighted by atomic mass is 10.0. The number of hydrogen-bond donors (Lipinski definition) is 1. The zero-order valence-electron chi connectivity index (χ0n) is 16.4. The van der Waals surface area contributed by atoms with Crippen LogP contribution in [0.3, 0.4) is 0 Å².